The Balaban J connectivity index is 1.50. The smallest absolute Gasteiger partial charge is 0.220 e. The monoisotopic (exact) mass is 391 g/mol. The second-order valence-corrected chi connectivity index (χ2v) is 7.68. The van der Waals surface area contributed by atoms with Crippen molar-refractivity contribution in [2.45, 2.75) is 12.3 Å². The van der Waals surface area contributed by atoms with E-state index < -0.39 is 0 Å². The van der Waals surface area contributed by atoms with Crippen molar-refractivity contribution >= 4 is 16.8 Å². The number of morpholine rings is 1. The van der Waals surface area contributed by atoms with Crippen molar-refractivity contribution in [3.63, 3.8) is 0 Å². The molecule has 0 bridgehead atoms. The molecule has 0 radical (unpaired) electrons. The van der Waals surface area contributed by atoms with Crippen LogP contribution in [0.5, 0.6) is 0 Å². The minimum Gasteiger partial charge on any atom is -0.379 e. The zero-order valence-electron chi connectivity index (χ0n) is 17.0. The molecule has 1 aromatic heterocycles. The summed E-state index contributed by atoms with van der Waals surface area (Å²) in [7, 11) is 2.07. The van der Waals surface area contributed by atoms with Crippen LogP contribution in [0.4, 0.5) is 0 Å². The van der Waals surface area contributed by atoms with E-state index >= 15 is 0 Å². The first kappa shape index (κ1) is 19.7. The Bertz CT molecular complexity index is 945. The number of carbonyl (C=O) groups excluding carboxylic acids is 1. The van der Waals surface area contributed by atoms with Gasteiger partial charge in [-0.25, -0.2) is 0 Å². The summed E-state index contributed by atoms with van der Waals surface area (Å²) in [5.41, 5.74) is 3.57. The van der Waals surface area contributed by atoms with Gasteiger partial charge in [-0.15, -0.1) is 0 Å². The van der Waals surface area contributed by atoms with E-state index in [2.05, 4.69) is 64.4 Å². The number of para-hydroxylation sites is 1. The van der Waals surface area contributed by atoms with Gasteiger partial charge in [0.05, 0.1) is 13.2 Å². The van der Waals surface area contributed by atoms with Crippen LogP contribution in [0.15, 0.2) is 60.8 Å². The highest BCUT2D eigenvalue weighted by Crippen LogP contribution is 2.34. The van der Waals surface area contributed by atoms with Crippen LogP contribution in [-0.4, -0.2) is 54.8 Å². The quantitative estimate of drug-likeness (QED) is 0.673. The zero-order chi connectivity index (χ0) is 20.1. The van der Waals surface area contributed by atoms with E-state index in [-0.39, 0.29) is 11.8 Å². The summed E-state index contributed by atoms with van der Waals surface area (Å²) in [5, 5.41) is 4.34. The van der Waals surface area contributed by atoms with Gasteiger partial charge in [-0.05, 0) is 17.2 Å². The van der Waals surface area contributed by atoms with Crippen LogP contribution >= 0.6 is 0 Å². The highest BCUT2D eigenvalue weighted by molar-refractivity contribution is 5.86. The number of hydrogen-bond acceptors (Lipinski definition) is 3. The summed E-state index contributed by atoms with van der Waals surface area (Å²) in [6, 6.07) is 18.7. The first-order valence-corrected chi connectivity index (χ1v) is 10.4. The lowest BCUT2D eigenvalue weighted by Crippen LogP contribution is -2.41. The van der Waals surface area contributed by atoms with Crippen molar-refractivity contribution in [3.05, 3.63) is 71.9 Å². The summed E-state index contributed by atoms with van der Waals surface area (Å²) in [6.07, 6.45) is 2.62. The molecule has 2 heterocycles. The Morgan fingerprint density at radius 1 is 1.07 bits per heavy atom. The number of rotatable bonds is 7. The summed E-state index contributed by atoms with van der Waals surface area (Å²) in [5.74, 6) is 0.130. The molecule has 4 rings (SSSR count). The van der Waals surface area contributed by atoms with E-state index in [9.17, 15) is 4.79 Å². The molecule has 1 amide bonds. The van der Waals surface area contributed by atoms with Crippen LogP contribution in [0.2, 0.25) is 0 Å². The summed E-state index contributed by atoms with van der Waals surface area (Å²) >= 11 is 0. The van der Waals surface area contributed by atoms with E-state index in [4.69, 9.17) is 4.74 Å². The second kappa shape index (κ2) is 9.25. The molecule has 1 aliphatic rings. The highest BCUT2D eigenvalue weighted by Gasteiger charge is 2.22. The largest absolute Gasteiger partial charge is 0.379 e. The molecule has 1 saturated heterocycles. The fourth-order valence-corrected chi connectivity index (χ4v) is 4.18. The van der Waals surface area contributed by atoms with Crippen molar-refractivity contribution in [1.29, 1.82) is 0 Å². The minimum atomic E-state index is 0.0330. The third-order valence-corrected chi connectivity index (χ3v) is 5.75. The van der Waals surface area contributed by atoms with Crippen molar-refractivity contribution in [2.75, 3.05) is 39.4 Å². The van der Waals surface area contributed by atoms with Gasteiger partial charge >= 0.3 is 0 Å². The van der Waals surface area contributed by atoms with Crippen molar-refractivity contribution in [1.82, 2.24) is 14.8 Å². The van der Waals surface area contributed by atoms with Gasteiger partial charge in [0.25, 0.3) is 0 Å². The predicted octanol–water partition coefficient (Wildman–Crippen LogP) is 3.15. The number of benzene rings is 2. The summed E-state index contributed by atoms with van der Waals surface area (Å²) in [4.78, 5) is 15.2. The van der Waals surface area contributed by atoms with E-state index in [1.165, 1.54) is 22.0 Å². The maximum absolute atomic E-state index is 12.8. The van der Waals surface area contributed by atoms with Crippen LogP contribution in [-0.2, 0) is 16.6 Å². The molecule has 1 atom stereocenters. The number of aromatic nitrogens is 1. The van der Waals surface area contributed by atoms with Crippen molar-refractivity contribution in [2.24, 2.45) is 7.05 Å². The van der Waals surface area contributed by atoms with Gasteiger partial charge in [-0.3, -0.25) is 9.69 Å². The molecule has 1 unspecified atom stereocenters. The molecule has 0 aliphatic carbocycles. The molecule has 5 heteroatoms. The average molecular weight is 392 g/mol. The fraction of sp³-hybridized carbons (Fsp3) is 0.375. The van der Waals surface area contributed by atoms with E-state index in [0.717, 1.165) is 32.8 Å². The predicted molar refractivity (Wildman–Crippen MR) is 116 cm³/mol. The molecule has 2 aromatic carbocycles. The number of nitrogens with zero attached hydrogens (tertiary/aromatic N) is 2. The first-order chi connectivity index (χ1) is 14.2. The number of nitrogens with one attached hydrogen (secondary N) is 1. The van der Waals surface area contributed by atoms with Gasteiger partial charge in [0, 0.05) is 62.7 Å². The SMILES string of the molecule is Cn1cc(C(CC(=O)NCCN2CCOCC2)c2ccccc2)c2ccccc21. The maximum atomic E-state index is 12.8. The first-order valence-electron chi connectivity index (χ1n) is 10.4. The standard InChI is InChI=1S/C24H29N3O2/c1-26-18-22(20-9-5-6-10-23(20)26)21(19-7-3-2-4-8-19)17-24(28)25-11-12-27-13-15-29-16-14-27/h2-10,18,21H,11-17H2,1H3,(H,25,28). The second-order valence-electron chi connectivity index (χ2n) is 7.68. The van der Waals surface area contributed by atoms with Crippen LogP contribution in [0.25, 0.3) is 10.9 Å². The van der Waals surface area contributed by atoms with Gasteiger partial charge in [-0.1, -0.05) is 48.5 Å². The number of aryl methyl sites for hydroxylation is 1. The molecular weight excluding hydrogens is 362 g/mol. The van der Waals surface area contributed by atoms with Crippen molar-refractivity contribution in [3.8, 4) is 0 Å². The lowest BCUT2D eigenvalue weighted by atomic mass is 9.88. The van der Waals surface area contributed by atoms with Gasteiger partial charge < -0.3 is 14.6 Å². The molecule has 0 saturated carbocycles. The van der Waals surface area contributed by atoms with E-state index in [1.807, 2.05) is 18.2 Å². The Kier molecular flexibility index (Phi) is 6.27. The minimum absolute atomic E-state index is 0.0330. The van der Waals surface area contributed by atoms with Crippen molar-refractivity contribution < 1.29 is 9.53 Å². The zero-order valence-corrected chi connectivity index (χ0v) is 17.0. The van der Waals surface area contributed by atoms with Crippen LogP contribution in [0, 0.1) is 0 Å². The van der Waals surface area contributed by atoms with E-state index in [0.29, 0.717) is 13.0 Å². The Morgan fingerprint density at radius 2 is 1.79 bits per heavy atom. The molecule has 29 heavy (non-hydrogen) atoms. The molecule has 1 aliphatic heterocycles. The lowest BCUT2D eigenvalue weighted by Gasteiger charge is -2.26. The molecule has 1 fully saturated rings. The van der Waals surface area contributed by atoms with E-state index in [1.54, 1.807) is 0 Å². The number of carbonyl (C=O) groups is 1. The molecule has 3 aromatic rings. The highest BCUT2D eigenvalue weighted by atomic mass is 16.5. The van der Waals surface area contributed by atoms with Crippen LogP contribution in [0.1, 0.15) is 23.5 Å². The normalized spacial score (nSPS) is 16.0. The topological polar surface area (TPSA) is 46.5 Å². The van der Waals surface area contributed by atoms with Gasteiger partial charge in [0.15, 0.2) is 0 Å². The molecular formula is C24H29N3O2. The molecule has 5 nitrogen and oxygen atoms in total. The number of ether oxygens (including phenoxy) is 1. The summed E-state index contributed by atoms with van der Waals surface area (Å²) < 4.78 is 7.53. The van der Waals surface area contributed by atoms with Gasteiger partial charge in [0.2, 0.25) is 5.91 Å². The van der Waals surface area contributed by atoms with Gasteiger partial charge in [0.1, 0.15) is 0 Å². The number of fused-ring (bicyclic) bond motifs is 1. The number of hydrogen-bond donors (Lipinski definition) is 1. The van der Waals surface area contributed by atoms with Crippen LogP contribution < -0.4 is 5.32 Å². The molecule has 152 valence electrons. The van der Waals surface area contributed by atoms with Crippen LogP contribution in [0.3, 0.4) is 0 Å². The molecule has 1 N–H and O–H groups in total. The average Bonchev–Trinajstić information content (AvgIpc) is 3.10. The Morgan fingerprint density at radius 3 is 2.59 bits per heavy atom. The third kappa shape index (κ3) is 4.69. The molecule has 0 spiro atoms. The lowest BCUT2D eigenvalue weighted by molar-refractivity contribution is -0.121. The fourth-order valence-electron chi connectivity index (χ4n) is 4.18. The van der Waals surface area contributed by atoms with Gasteiger partial charge in [-0.2, -0.15) is 0 Å². The Labute approximate surface area is 172 Å². The number of amides is 1. The Hall–Kier alpha value is -2.63. The summed E-state index contributed by atoms with van der Waals surface area (Å²) in [6.45, 7) is 5.00. The third-order valence-electron chi connectivity index (χ3n) is 5.75. The maximum Gasteiger partial charge on any atom is 0.220 e.